The molecule has 0 heterocycles. The van der Waals surface area contributed by atoms with Crippen LogP contribution in [0.5, 0.6) is 0 Å². The van der Waals surface area contributed by atoms with E-state index in [0.29, 0.717) is 12.8 Å². The number of rotatable bonds is 10. The third-order valence-corrected chi connectivity index (χ3v) is 5.06. The Morgan fingerprint density at radius 2 is 1.52 bits per heavy atom. The van der Waals surface area contributed by atoms with Gasteiger partial charge in [-0.1, -0.05) is 68.4 Å². The van der Waals surface area contributed by atoms with Crippen molar-refractivity contribution in [3.05, 3.63) is 60.2 Å². The highest BCUT2D eigenvalue weighted by molar-refractivity contribution is 5.90. The first kappa shape index (κ1) is 24.1. The third kappa shape index (κ3) is 7.53. The fourth-order valence-electron chi connectivity index (χ4n) is 3.49. The molecule has 0 aliphatic heterocycles. The van der Waals surface area contributed by atoms with Crippen molar-refractivity contribution in [2.45, 2.75) is 39.2 Å². The van der Waals surface area contributed by atoms with Crippen LogP contribution in [0.15, 0.2) is 54.6 Å². The van der Waals surface area contributed by atoms with Gasteiger partial charge in [-0.25, -0.2) is 5.48 Å². The van der Waals surface area contributed by atoms with Gasteiger partial charge in [0, 0.05) is 25.8 Å². The van der Waals surface area contributed by atoms with E-state index in [1.54, 1.807) is 5.48 Å². The van der Waals surface area contributed by atoms with Gasteiger partial charge in [-0.05, 0) is 29.0 Å². The zero-order valence-electron chi connectivity index (χ0n) is 18.2. The van der Waals surface area contributed by atoms with Crippen molar-refractivity contribution in [3.8, 4) is 11.1 Å². The summed E-state index contributed by atoms with van der Waals surface area (Å²) in [6.45, 7) is 3.89. The first-order chi connectivity index (χ1) is 14.8. The Morgan fingerprint density at radius 1 is 0.903 bits per heavy atom. The molecular formula is C24H31N3O4. The number of carbonyl (C=O) groups is 3. The second-order valence-corrected chi connectivity index (χ2v) is 8.01. The maximum Gasteiger partial charge on any atom is 0.244 e. The lowest BCUT2D eigenvalue weighted by atomic mass is 9.92. The Balaban J connectivity index is 2.12. The van der Waals surface area contributed by atoms with Crippen LogP contribution < -0.4 is 16.1 Å². The molecule has 3 amide bonds. The molecule has 0 aliphatic carbocycles. The average molecular weight is 426 g/mol. The van der Waals surface area contributed by atoms with Crippen LogP contribution >= 0.6 is 0 Å². The quantitative estimate of drug-likeness (QED) is 0.347. The Hall–Kier alpha value is -3.19. The molecule has 0 spiro atoms. The van der Waals surface area contributed by atoms with E-state index in [0.717, 1.165) is 16.7 Å². The van der Waals surface area contributed by atoms with E-state index < -0.39 is 17.9 Å². The van der Waals surface area contributed by atoms with Gasteiger partial charge >= 0.3 is 0 Å². The number of nitrogens with one attached hydrogen (secondary N) is 3. The number of hydrogen-bond acceptors (Lipinski definition) is 4. The first-order valence-corrected chi connectivity index (χ1v) is 10.4. The third-order valence-electron chi connectivity index (χ3n) is 5.06. The molecule has 0 saturated heterocycles. The molecule has 0 saturated carbocycles. The summed E-state index contributed by atoms with van der Waals surface area (Å²) in [5, 5.41) is 14.2. The number of likely N-dealkylation sites (N-methyl/N-ethyl adjacent to an activating group) is 1. The van der Waals surface area contributed by atoms with E-state index in [-0.39, 0.29) is 24.2 Å². The van der Waals surface area contributed by atoms with Gasteiger partial charge in [0.1, 0.15) is 6.04 Å². The monoisotopic (exact) mass is 425 g/mol. The molecular weight excluding hydrogens is 394 g/mol. The van der Waals surface area contributed by atoms with Gasteiger partial charge in [-0.15, -0.1) is 0 Å². The maximum absolute atomic E-state index is 12.8. The van der Waals surface area contributed by atoms with E-state index >= 15 is 0 Å². The van der Waals surface area contributed by atoms with Gasteiger partial charge in [0.15, 0.2) is 0 Å². The van der Waals surface area contributed by atoms with Crippen LogP contribution in [0.3, 0.4) is 0 Å². The molecule has 7 heteroatoms. The van der Waals surface area contributed by atoms with E-state index in [4.69, 9.17) is 5.21 Å². The van der Waals surface area contributed by atoms with Crippen LogP contribution in [0.2, 0.25) is 0 Å². The van der Waals surface area contributed by atoms with E-state index in [1.165, 1.54) is 7.05 Å². The van der Waals surface area contributed by atoms with Gasteiger partial charge in [0.05, 0.1) is 0 Å². The molecule has 2 aromatic carbocycles. The number of carbonyl (C=O) groups excluding carboxylic acids is 3. The minimum atomic E-state index is -0.771. The maximum atomic E-state index is 12.8. The van der Waals surface area contributed by atoms with Crippen molar-refractivity contribution in [1.29, 1.82) is 0 Å². The molecule has 0 unspecified atom stereocenters. The lowest BCUT2D eigenvalue weighted by molar-refractivity contribution is -0.136. The molecule has 2 aromatic rings. The molecule has 0 radical (unpaired) electrons. The molecule has 2 atom stereocenters. The lowest BCUT2D eigenvalue weighted by Gasteiger charge is -2.22. The highest BCUT2D eigenvalue weighted by Gasteiger charge is 2.27. The second-order valence-electron chi connectivity index (χ2n) is 8.01. The van der Waals surface area contributed by atoms with E-state index in [9.17, 15) is 14.4 Å². The summed E-state index contributed by atoms with van der Waals surface area (Å²) in [6, 6.07) is 17.1. The van der Waals surface area contributed by atoms with Crippen molar-refractivity contribution in [2.24, 2.45) is 11.8 Å². The molecule has 166 valence electrons. The zero-order valence-corrected chi connectivity index (χ0v) is 18.2. The number of benzene rings is 2. The fraction of sp³-hybridized carbons (Fsp3) is 0.375. The Labute approximate surface area is 183 Å². The Bertz CT molecular complexity index is 866. The lowest BCUT2D eigenvalue weighted by Crippen LogP contribution is -2.49. The Kier molecular flexibility index (Phi) is 9.21. The first-order valence-electron chi connectivity index (χ1n) is 10.4. The van der Waals surface area contributed by atoms with Crippen LogP contribution in [-0.4, -0.2) is 36.0 Å². The molecule has 0 fully saturated rings. The second kappa shape index (κ2) is 11.9. The molecule has 31 heavy (non-hydrogen) atoms. The summed E-state index contributed by atoms with van der Waals surface area (Å²) in [4.78, 5) is 36.9. The van der Waals surface area contributed by atoms with Crippen molar-refractivity contribution in [2.75, 3.05) is 7.05 Å². The molecule has 0 aliphatic rings. The smallest absolute Gasteiger partial charge is 0.244 e. The van der Waals surface area contributed by atoms with Crippen molar-refractivity contribution < 1.29 is 19.6 Å². The van der Waals surface area contributed by atoms with Crippen molar-refractivity contribution in [1.82, 2.24) is 16.1 Å². The summed E-state index contributed by atoms with van der Waals surface area (Å²) < 4.78 is 0. The topological polar surface area (TPSA) is 108 Å². The van der Waals surface area contributed by atoms with Crippen LogP contribution in [0.1, 0.15) is 32.3 Å². The highest BCUT2D eigenvalue weighted by Crippen LogP contribution is 2.20. The molecule has 4 N–H and O–H groups in total. The normalized spacial score (nSPS) is 12.7. The summed E-state index contributed by atoms with van der Waals surface area (Å²) in [5.41, 5.74) is 4.64. The number of hydroxylamine groups is 1. The SMILES string of the molecule is CNC(=O)[C@H](Cc1ccc(-c2ccccc2)cc1)NC(=O)[C@@H](CC(=O)NO)CC(C)C. The summed E-state index contributed by atoms with van der Waals surface area (Å²) >= 11 is 0. The predicted octanol–water partition coefficient (Wildman–Crippen LogP) is 2.68. The summed E-state index contributed by atoms with van der Waals surface area (Å²) in [5.74, 6) is -1.79. The van der Waals surface area contributed by atoms with Crippen LogP contribution in [0.25, 0.3) is 11.1 Å². The van der Waals surface area contributed by atoms with Crippen molar-refractivity contribution >= 4 is 17.7 Å². The molecule has 2 rings (SSSR count). The highest BCUT2D eigenvalue weighted by atomic mass is 16.5. The van der Waals surface area contributed by atoms with Crippen LogP contribution in [0, 0.1) is 11.8 Å². The zero-order chi connectivity index (χ0) is 22.8. The van der Waals surface area contributed by atoms with E-state index in [2.05, 4.69) is 10.6 Å². The Morgan fingerprint density at radius 3 is 2.06 bits per heavy atom. The minimum absolute atomic E-state index is 0.146. The standard InChI is InChI=1S/C24H31N3O4/c1-16(2)13-20(15-22(28)27-31)23(29)26-21(24(30)25-3)14-17-9-11-19(12-10-17)18-7-5-4-6-8-18/h4-12,16,20-21,31H,13-15H2,1-3H3,(H,25,30)(H,26,29)(H,27,28)/t20-,21+/m1/s1. The fourth-order valence-corrected chi connectivity index (χ4v) is 3.49. The predicted molar refractivity (Wildman–Crippen MR) is 119 cm³/mol. The molecule has 7 nitrogen and oxygen atoms in total. The summed E-state index contributed by atoms with van der Waals surface area (Å²) in [7, 11) is 1.52. The van der Waals surface area contributed by atoms with Gasteiger partial charge in [0.25, 0.3) is 0 Å². The molecule has 0 aromatic heterocycles. The van der Waals surface area contributed by atoms with E-state index in [1.807, 2.05) is 68.4 Å². The van der Waals surface area contributed by atoms with Gasteiger partial charge in [-0.2, -0.15) is 0 Å². The summed E-state index contributed by atoms with van der Waals surface area (Å²) in [6.07, 6.45) is 0.638. The van der Waals surface area contributed by atoms with Crippen molar-refractivity contribution in [3.63, 3.8) is 0 Å². The largest absolute Gasteiger partial charge is 0.357 e. The van der Waals surface area contributed by atoms with Gasteiger partial charge < -0.3 is 10.6 Å². The average Bonchev–Trinajstić information content (AvgIpc) is 2.78. The van der Waals surface area contributed by atoms with Gasteiger partial charge in [0.2, 0.25) is 17.7 Å². The van der Waals surface area contributed by atoms with Crippen LogP contribution in [-0.2, 0) is 20.8 Å². The number of amides is 3. The minimum Gasteiger partial charge on any atom is -0.357 e. The van der Waals surface area contributed by atoms with Crippen LogP contribution in [0.4, 0.5) is 0 Å². The molecule has 0 bridgehead atoms. The van der Waals surface area contributed by atoms with Gasteiger partial charge in [-0.3, -0.25) is 19.6 Å². The number of hydrogen-bond donors (Lipinski definition) is 4.